The van der Waals surface area contributed by atoms with Crippen LogP contribution in [0, 0.1) is 5.82 Å². The van der Waals surface area contributed by atoms with Crippen molar-refractivity contribution in [3.63, 3.8) is 0 Å². The molecule has 0 aromatic heterocycles. The fourth-order valence-electron chi connectivity index (χ4n) is 2.16. The van der Waals surface area contributed by atoms with Crippen molar-refractivity contribution in [1.29, 1.82) is 0 Å². The van der Waals surface area contributed by atoms with Crippen LogP contribution in [0.2, 0.25) is 0 Å². The minimum atomic E-state index is -4.73. The van der Waals surface area contributed by atoms with Gasteiger partial charge in [0, 0.05) is 5.56 Å². The maximum Gasteiger partial charge on any atom is 0.573 e. The zero-order chi connectivity index (χ0) is 19.0. The molecular weight excluding hydrogens is 348 g/mol. The molecule has 0 radical (unpaired) electrons. The van der Waals surface area contributed by atoms with Gasteiger partial charge in [0.25, 0.3) is 0 Å². The smallest absolute Gasteiger partial charge is 0.406 e. The van der Waals surface area contributed by atoms with Crippen molar-refractivity contribution in [2.45, 2.75) is 32.5 Å². The van der Waals surface area contributed by atoms with Crippen LogP contribution in [0.5, 0.6) is 5.75 Å². The summed E-state index contributed by atoms with van der Waals surface area (Å²) < 4.78 is 53.9. The third-order valence-electron chi connectivity index (χ3n) is 3.47. The lowest BCUT2D eigenvalue weighted by molar-refractivity contribution is -0.274. The second kappa shape index (κ2) is 9.12. The van der Waals surface area contributed by atoms with Crippen molar-refractivity contribution in [1.82, 2.24) is 0 Å². The number of halogens is 4. The Morgan fingerprint density at radius 3 is 2.31 bits per heavy atom. The Kier molecular flexibility index (Phi) is 6.89. The van der Waals surface area contributed by atoms with E-state index >= 15 is 0 Å². The summed E-state index contributed by atoms with van der Waals surface area (Å²) in [7, 11) is 0. The van der Waals surface area contributed by atoms with Crippen LogP contribution in [-0.4, -0.2) is 18.8 Å². The van der Waals surface area contributed by atoms with Crippen molar-refractivity contribution in [3.8, 4) is 5.75 Å². The van der Waals surface area contributed by atoms with Gasteiger partial charge >= 0.3 is 6.36 Å². The predicted molar refractivity (Wildman–Crippen MR) is 93.3 cm³/mol. The molecule has 0 aliphatic heterocycles. The molecule has 0 bridgehead atoms. The minimum Gasteiger partial charge on any atom is -0.406 e. The number of aryl methyl sites for hydroxylation is 1. The van der Waals surface area contributed by atoms with E-state index in [9.17, 15) is 17.6 Å². The summed E-state index contributed by atoms with van der Waals surface area (Å²) in [6.45, 7) is 2.08. The number of rotatable bonds is 7. The summed E-state index contributed by atoms with van der Waals surface area (Å²) >= 11 is 0. The van der Waals surface area contributed by atoms with Crippen molar-refractivity contribution in [3.05, 3.63) is 65.0 Å². The van der Waals surface area contributed by atoms with Gasteiger partial charge in [-0.15, -0.1) is 13.2 Å². The van der Waals surface area contributed by atoms with Gasteiger partial charge < -0.3 is 4.74 Å². The van der Waals surface area contributed by atoms with E-state index in [1.54, 1.807) is 6.07 Å². The highest BCUT2D eigenvalue weighted by molar-refractivity contribution is 5.83. The number of nitrogens with zero attached hydrogens (tertiary/aromatic N) is 2. The Morgan fingerprint density at radius 1 is 1.00 bits per heavy atom. The molecule has 0 heterocycles. The molecule has 0 aliphatic rings. The van der Waals surface area contributed by atoms with Crippen molar-refractivity contribution >= 4 is 12.4 Å². The summed E-state index contributed by atoms with van der Waals surface area (Å²) in [5, 5.41) is 7.53. The molecule has 0 saturated heterocycles. The maximum absolute atomic E-state index is 14.0. The molecule has 0 saturated carbocycles. The zero-order valence-corrected chi connectivity index (χ0v) is 14.1. The summed E-state index contributed by atoms with van der Waals surface area (Å²) in [4.78, 5) is 0. The largest absolute Gasteiger partial charge is 0.573 e. The van der Waals surface area contributed by atoms with E-state index in [-0.39, 0.29) is 11.6 Å². The topological polar surface area (TPSA) is 34.0 Å². The molecule has 2 rings (SSSR count). The normalized spacial score (nSPS) is 12.2. The highest BCUT2D eigenvalue weighted by Gasteiger charge is 2.30. The van der Waals surface area contributed by atoms with Gasteiger partial charge in [0.05, 0.1) is 12.4 Å². The van der Waals surface area contributed by atoms with Gasteiger partial charge in [-0.2, -0.15) is 10.2 Å². The van der Waals surface area contributed by atoms with E-state index in [2.05, 4.69) is 21.9 Å². The van der Waals surface area contributed by atoms with Crippen LogP contribution in [0.1, 0.15) is 36.5 Å². The number of benzene rings is 2. The molecule has 26 heavy (non-hydrogen) atoms. The molecule has 2 aromatic carbocycles. The van der Waals surface area contributed by atoms with E-state index < -0.39 is 6.36 Å². The standard InChI is InChI=1S/C19H18F4N2O/c1-2-3-4-14-5-8-16(18(20)11-14)13-25-24-12-15-6-9-17(10-7-15)26-19(21,22)23/h5-13H,2-4H2,1H3/b24-12-,25-13+. The van der Waals surface area contributed by atoms with Crippen LogP contribution in [0.4, 0.5) is 17.6 Å². The monoisotopic (exact) mass is 366 g/mol. The third-order valence-corrected chi connectivity index (χ3v) is 3.47. The maximum atomic E-state index is 14.0. The fraction of sp³-hybridized carbons (Fsp3) is 0.263. The Labute approximate surface area is 149 Å². The van der Waals surface area contributed by atoms with Crippen LogP contribution in [0.15, 0.2) is 52.7 Å². The van der Waals surface area contributed by atoms with Gasteiger partial charge in [-0.05, 0) is 54.3 Å². The highest BCUT2D eigenvalue weighted by Crippen LogP contribution is 2.22. The Hall–Kier alpha value is -2.70. The molecule has 2 aromatic rings. The number of unbranched alkanes of at least 4 members (excludes halogenated alkanes) is 1. The average molecular weight is 366 g/mol. The van der Waals surface area contributed by atoms with Crippen molar-refractivity contribution in [2.24, 2.45) is 10.2 Å². The van der Waals surface area contributed by atoms with Crippen LogP contribution in [-0.2, 0) is 6.42 Å². The quantitative estimate of drug-likeness (QED) is 0.361. The SMILES string of the molecule is CCCCc1ccc(/C=N/N=C\c2ccc(OC(F)(F)F)cc2)c(F)c1. The van der Waals surface area contributed by atoms with Crippen molar-refractivity contribution < 1.29 is 22.3 Å². The molecular formula is C19H18F4N2O. The van der Waals surface area contributed by atoms with Gasteiger partial charge in [-0.3, -0.25) is 0 Å². The number of alkyl halides is 3. The van der Waals surface area contributed by atoms with E-state index in [0.29, 0.717) is 11.1 Å². The van der Waals surface area contributed by atoms with Gasteiger partial charge in [-0.1, -0.05) is 25.5 Å². The van der Waals surface area contributed by atoms with E-state index in [4.69, 9.17) is 0 Å². The number of ether oxygens (including phenoxy) is 1. The van der Waals surface area contributed by atoms with Crippen LogP contribution in [0.3, 0.4) is 0 Å². The summed E-state index contributed by atoms with van der Waals surface area (Å²) in [6, 6.07) is 10.1. The predicted octanol–water partition coefficient (Wildman–Crippen LogP) is 5.52. The minimum absolute atomic E-state index is 0.316. The Balaban J connectivity index is 1.95. The first-order valence-corrected chi connectivity index (χ1v) is 8.08. The van der Waals surface area contributed by atoms with Gasteiger partial charge in [0.1, 0.15) is 11.6 Å². The Bertz CT molecular complexity index is 768. The highest BCUT2D eigenvalue weighted by atomic mass is 19.4. The molecule has 0 aliphatic carbocycles. The summed E-state index contributed by atoms with van der Waals surface area (Å²) in [5.41, 5.74) is 1.79. The molecule has 0 atom stereocenters. The van der Waals surface area contributed by atoms with Gasteiger partial charge in [-0.25, -0.2) is 4.39 Å². The van der Waals surface area contributed by atoms with Crippen LogP contribution in [0.25, 0.3) is 0 Å². The molecule has 0 spiro atoms. The van der Waals surface area contributed by atoms with Crippen LogP contribution < -0.4 is 4.74 Å². The summed E-state index contributed by atoms with van der Waals surface area (Å²) in [5.74, 6) is -0.686. The first kappa shape index (κ1) is 19.6. The van der Waals surface area contributed by atoms with E-state index in [0.717, 1.165) is 24.8 Å². The van der Waals surface area contributed by atoms with Gasteiger partial charge in [0.15, 0.2) is 0 Å². The molecule has 3 nitrogen and oxygen atoms in total. The molecule has 7 heteroatoms. The first-order chi connectivity index (χ1) is 12.4. The molecule has 0 unspecified atom stereocenters. The molecule has 0 N–H and O–H groups in total. The lowest BCUT2D eigenvalue weighted by atomic mass is 10.1. The van der Waals surface area contributed by atoms with Gasteiger partial charge in [0.2, 0.25) is 0 Å². The second-order valence-corrected chi connectivity index (χ2v) is 5.57. The van der Waals surface area contributed by atoms with Crippen LogP contribution >= 0.6 is 0 Å². The zero-order valence-electron chi connectivity index (χ0n) is 14.1. The van der Waals surface area contributed by atoms with Crippen molar-refractivity contribution in [2.75, 3.05) is 0 Å². The average Bonchev–Trinajstić information content (AvgIpc) is 2.58. The molecule has 138 valence electrons. The Morgan fingerprint density at radius 2 is 1.69 bits per heavy atom. The lowest BCUT2D eigenvalue weighted by Gasteiger charge is -2.08. The fourth-order valence-corrected chi connectivity index (χ4v) is 2.16. The third kappa shape index (κ3) is 6.66. The molecule has 0 fully saturated rings. The van der Waals surface area contributed by atoms with E-state index in [1.165, 1.54) is 42.8 Å². The first-order valence-electron chi connectivity index (χ1n) is 8.08. The number of hydrogen-bond donors (Lipinski definition) is 0. The number of hydrogen-bond acceptors (Lipinski definition) is 3. The second-order valence-electron chi connectivity index (χ2n) is 5.57. The van der Waals surface area contributed by atoms with E-state index in [1.807, 2.05) is 6.07 Å². The summed E-state index contributed by atoms with van der Waals surface area (Å²) in [6.07, 6.45) is 0.790. The lowest BCUT2D eigenvalue weighted by Crippen LogP contribution is -2.16. The molecule has 0 amide bonds.